The molecule has 0 saturated heterocycles. The van der Waals surface area contributed by atoms with Crippen LogP contribution in [0.25, 0.3) is 0 Å². The molecule has 1 aromatic carbocycles. The monoisotopic (exact) mass is 284 g/mol. The van der Waals surface area contributed by atoms with Gasteiger partial charge in [-0.3, -0.25) is 4.79 Å². The van der Waals surface area contributed by atoms with Crippen molar-refractivity contribution in [2.75, 3.05) is 18.5 Å². The van der Waals surface area contributed by atoms with Gasteiger partial charge in [0, 0.05) is 18.3 Å². The molecule has 0 spiro atoms. The zero-order valence-corrected chi connectivity index (χ0v) is 12.4. The molecule has 0 radical (unpaired) electrons. The summed E-state index contributed by atoms with van der Waals surface area (Å²) in [6, 6.07) is 8.36. The van der Waals surface area contributed by atoms with Crippen LogP contribution in [-0.2, 0) is 11.2 Å². The Bertz CT molecular complexity index is 634. The summed E-state index contributed by atoms with van der Waals surface area (Å²) in [5.41, 5.74) is 4.41. The zero-order valence-electron chi connectivity index (χ0n) is 12.4. The average molecular weight is 284 g/mol. The van der Waals surface area contributed by atoms with E-state index < -0.39 is 0 Å². The Morgan fingerprint density at radius 1 is 1.33 bits per heavy atom. The van der Waals surface area contributed by atoms with Crippen molar-refractivity contribution < 1.29 is 9.21 Å². The molecule has 110 valence electrons. The highest BCUT2D eigenvalue weighted by Gasteiger charge is 2.25. The summed E-state index contributed by atoms with van der Waals surface area (Å²) in [5, 5.41) is 3.54. The zero-order chi connectivity index (χ0) is 14.8. The number of amides is 1. The number of carbonyl (C=O) groups excluding carboxylic acids is 1. The van der Waals surface area contributed by atoms with Crippen molar-refractivity contribution in [3.05, 3.63) is 53.5 Å². The van der Waals surface area contributed by atoms with Crippen LogP contribution in [0.15, 0.2) is 41.2 Å². The fourth-order valence-electron chi connectivity index (χ4n) is 2.83. The van der Waals surface area contributed by atoms with Gasteiger partial charge in [0.1, 0.15) is 0 Å². The maximum atomic E-state index is 11.8. The van der Waals surface area contributed by atoms with Gasteiger partial charge in [0.05, 0.1) is 25.0 Å². The maximum Gasteiger partial charge on any atom is 0.231 e. The summed E-state index contributed by atoms with van der Waals surface area (Å²) in [7, 11) is 1.83. The van der Waals surface area contributed by atoms with Crippen molar-refractivity contribution in [1.82, 2.24) is 5.32 Å². The van der Waals surface area contributed by atoms with Gasteiger partial charge in [0.2, 0.25) is 5.91 Å². The minimum Gasteiger partial charge on any atom is -0.472 e. The second-order valence-corrected chi connectivity index (χ2v) is 5.46. The third-order valence-corrected chi connectivity index (χ3v) is 3.99. The lowest BCUT2D eigenvalue weighted by Crippen LogP contribution is -2.23. The molecule has 2 heterocycles. The van der Waals surface area contributed by atoms with E-state index in [1.54, 1.807) is 17.4 Å². The molecule has 3 rings (SSSR count). The molecule has 0 fully saturated rings. The van der Waals surface area contributed by atoms with Crippen molar-refractivity contribution in [2.45, 2.75) is 25.8 Å². The summed E-state index contributed by atoms with van der Waals surface area (Å²) in [6.45, 7) is 3.08. The van der Waals surface area contributed by atoms with Crippen LogP contribution in [0.3, 0.4) is 0 Å². The second kappa shape index (κ2) is 5.74. The molecule has 4 nitrogen and oxygen atoms in total. The average Bonchev–Trinajstić information content (AvgIpc) is 3.09. The van der Waals surface area contributed by atoms with E-state index in [1.807, 2.05) is 19.2 Å². The molecular weight excluding hydrogens is 264 g/mol. The summed E-state index contributed by atoms with van der Waals surface area (Å²) in [5.74, 6) is 0.156. The first-order valence-corrected chi connectivity index (χ1v) is 7.35. The van der Waals surface area contributed by atoms with Gasteiger partial charge < -0.3 is 14.6 Å². The lowest BCUT2D eigenvalue weighted by molar-refractivity contribution is -0.117. The smallest absolute Gasteiger partial charge is 0.231 e. The number of anilines is 1. The first-order chi connectivity index (χ1) is 10.2. The number of furan rings is 1. The topological polar surface area (TPSA) is 45.5 Å². The van der Waals surface area contributed by atoms with E-state index in [-0.39, 0.29) is 11.9 Å². The molecule has 0 saturated carbocycles. The van der Waals surface area contributed by atoms with Crippen LogP contribution in [0.2, 0.25) is 0 Å². The quantitative estimate of drug-likeness (QED) is 0.918. The first-order valence-electron chi connectivity index (χ1n) is 7.35. The number of nitrogens with zero attached hydrogens (tertiary/aromatic N) is 1. The minimum absolute atomic E-state index is 0.106. The molecule has 1 unspecified atom stereocenters. The van der Waals surface area contributed by atoms with Gasteiger partial charge in [0.15, 0.2) is 0 Å². The van der Waals surface area contributed by atoms with Gasteiger partial charge in [-0.1, -0.05) is 19.1 Å². The van der Waals surface area contributed by atoms with Crippen LogP contribution in [0, 0.1) is 0 Å². The van der Waals surface area contributed by atoms with Crippen molar-refractivity contribution in [1.29, 1.82) is 0 Å². The first kappa shape index (κ1) is 13.9. The second-order valence-electron chi connectivity index (χ2n) is 5.46. The molecule has 0 bridgehead atoms. The number of hydrogen-bond donors (Lipinski definition) is 1. The van der Waals surface area contributed by atoms with Crippen LogP contribution in [0.5, 0.6) is 0 Å². The Kier molecular flexibility index (Phi) is 3.80. The van der Waals surface area contributed by atoms with Gasteiger partial charge in [-0.05, 0) is 36.2 Å². The van der Waals surface area contributed by atoms with E-state index in [0.717, 1.165) is 29.8 Å². The predicted octanol–water partition coefficient (Wildman–Crippen LogP) is 2.89. The molecule has 1 atom stereocenters. The molecule has 2 aromatic rings. The molecule has 1 aliphatic rings. The number of hydrogen-bond acceptors (Lipinski definition) is 3. The van der Waals surface area contributed by atoms with Gasteiger partial charge in [-0.2, -0.15) is 0 Å². The van der Waals surface area contributed by atoms with Crippen molar-refractivity contribution in [3.8, 4) is 0 Å². The molecule has 1 N–H and O–H groups in total. The van der Waals surface area contributed by atoms with Crippen molar-refractivity contribution in [3.63, 3.8) is 0 Å². The summed E-state index contributed by atoms with van der Waals surface area (Å²) >= 11 is 0. The highest BCUT2D eigenvalue weighted by atomic mass is 16.3. The van der Waals surface area contributed by atoms with Crippen LogP contribution in [0.1, 0.15) is 36.1 Å². The fourth-order valence-corrected chi connectivity index (χ4v) is 2.83. The third kappa shape index (κ3) is 2.59. The number of carbonyl (C=O) groups is 1. The molecule has 21 heavy (non-hydrogen) atoms. The highest BCUT2D eigenvalue weighted by molar-refractivity contribution is 6.00. The minimum atomic E-state index is 0.106. The van der Waals surface area contributed by atoms with Crippen molar-refractivity contribution >= 4 is 11.6 Å². The van der Waals surface area contributed by atoms with Crippen LogP contribution in [0.4, 0.5) is 5.69 Å². The van der Waals surface area contributed by atoms with E-state index in [0.29, 0.717) is 6.42 Å². The lowest BCUT2D eigenvalue weighted by atomic mass is 9.98. The number of nitrogens with one attached hydrogen (secondary N) is 1. The molecule has 1 aromatic heterocycles. The molecule has 1 amide bonds. The van der Waals surface area contributed by atoms with E-state index >= 15 is 0 Å². The Morgan fingerprint density at radius 3 is 2.90 bits per heavy atom. The van der Waals surface area contributed by atoms with Crippen LogP contribution >= 0.6 is 0 Å². The lowest BCUT2D eigenvalue weighted by Gasteiger charge is -2.19. The van der Waals surface area contributed by atoms with E-state index in [4.69, 9.17) is 4.42 Å². The van der Waals surface area contributed by atoms with E-state index in [2.05, 4.69) is 24.4 Å². The third-order valence-electron chi connectivity index (χ3n) is 3.99. The molecule has 0 aliphatic carbocycles. The number of fused-ring (bicyclic) bond motifs is 1. The maximum absolute atomic E-state index is 11.8. The molecule has 4 heteroatoms. The Balaban J connectivity index is 1.94. The number of likely N-dealkylation sites (N-methyl/N-ethyl adjacent to an activating group) is 1. The summed E-state index contributed by atoms with van der Waals surface area (Å²) in [4.78, 5) is 13.5. The van der Waals surface area contributed by atoms with E-state index in [9.17, 15) is 4.79 Å². The van der Waals surface area contributed by atoms with Crippen molar-refractivity contribution in [2.24, 2.45) is 0 Å². The Labute approximate surface area is 124 Å². The largest absolute Gasteiger partial charge is 0.472 e. The standard InChI is InChI=1S/C17H20N2O2/c1-3-7-18-17(13-6-8-21-11-13)12-4-5-15-14(9-12)10-16(20)19(15)2/h4-6,8-9,11,17-18H,3,7,10H2,1-2H3. The molecular formula is C17H20N2O2. The summed E-state index contributed by atoms with van der Waals surface area (Å²) in [6.07, 6.45) is 5.03. The van der Waals surface area contributed by atoms with Gasteiger partial charge in [0.25, 0.3) is 0 Å². The SMILES string of the molecule is CCCNC(c1ccoc1)c1ccc2c(c1)CC(=O)N2C. The Morgan fingerprint density at radius 2 is 2.19 bits per heavy atom. The number of benzene rings is 1. The van der Waals surface area contributed by atoms with Crippen LogP contribution in [-0.4, -0.2) is 19.5 Å². The van der Waals surface area contributed by atoms with Gasteiger partial charge >= 0.3 is 0 Å². The normalized spacial score (nSPS) is 15.3. The Hall–Kier alpha value is -2.07. The predicted molar refractivity (Wildman–Crippen MR) is 82.4 cm³/mol. The fraction of sp³-hybridized carbons (Fsp3) is 0.353. The highest BCUT2D eigenvalue weighted by Crippen LogP contribution is 2.32. The van der Waals surface area contributed by atoms with Crippen LogP contribution < -0.4 is 10.2 Å². The summed E-state index contributed by atoms with van der Waals surface area (Å²) < 4.78 is 5.22. The van der Waals surface area contributed by atoms with E-state index in [1.165, 1.54) is 5.56 Å². The molecule has 1 aliphatic heterocycles. The van der Waals surface area contributed by atoms with Gasteiger partial charge in [-0.15, -0.1) is 0 Å². The number of rotatable bonds is 5. The van der Waals surface area contributed by atoms with Gasteiger partial charge in [-0.25, -0.2) is 0 Å².